The Hall–Kier alpha value is -2.14. The van der Waals surface area contributed by atoms with Crippen molar-refractivity contribution in [2.24, 2.45) is 5.92 Å². The van der Waals surface area contributed by atoms with E-state index in [4.69, 9.17) is 4.74 Å². The van der Waals surface area contributed by atoms with Gasteiger partial charge in [-0.2, -0.15) is 0 Å². The fourth-order valence-corrected chi connectivity index (χ4v) is 5.64. The highest BCUT2D eigenvalue weighted by atomic mass is 32.1. The van der Waals surface area contributed by atoms with E-state index in [2.05, 4.69) is 50.4 Å². The summed E-state index contributed by atoms with van der Waals surface area (Å²) in [6, 6.07) is 8.67. The molecular formula is C25H31NO3S. The van der Waals surface area contributed by atoms with Crippen LogP contribution in [0.3, 0.4) is 0 Å². The van der Waals surface area contributed by atoms with E-state index in [0.717, 1.165) is 37.7 Å². The fraction of sp³-hybridized carbons (Fsp3) is 0.520. The predicted molar refractivity (Wildman–Crippen MR) is 122 cm³/mol. The summed E-state index contributed by atoms with van der Waals surface area (Å²) in [7, 11) is 0. The van der Waals surface area contributed by atoms with Gasteiger partial charge in [-0.25, -0.2) is 4.79 Å². The molecule has 1 fully saturated rings. The Morgan fingerprint density at radius 3 is 2.50 bits per heavy atom. The Labute approximate surface area is 183 Å². The SMILES string of the molecule is CCOC(=O)c1c(NC(=O)[C@H]2C[C@H]2c2ccc(C(C)(C)C)cc2)sc2c1CCCC2. The lowest BCUT2D eigenvalue weighted by molar-refractivity contribution is -0.117. The number of carbonyl (C=O) groups is 2. The number of ether oxygens (including phenoxy) is 1. The summed E-state index contributed by atoms with van der Waals surface area (Å²) >= 11 is 1.56. The minimum absolute atomic E-state index is 0.0176. The Balaban J connectivity index is 1.49. The van der Waals surface area contributed by atoms with E-state index in [1.165, 1.54) is 16.0 Å². The molecule has 2 atom stereocenters. The highest BCUT2D eigenvalue weighted by molar-refractivity contribution is 7.17. The number of hydrogen-bond acceptors (Lipinski definition) is 4. The molecule has 4 rings (SSSR count). The summed E-state index contributed by atoms with van der Waals surface area (Å²) < 4.78 is 5.30. The number of esters is 1. The van der Waals surface area contributed by atoms with Gasteiger partial charge in [0.1, 0.15) is 5.00 Å². The summed E-state index contributed by atoms with van der Waals surface area (Å²) in [5.41, 5.74) is 4.33. The molecule has 0 spiro atoms. The molecular weight excluding hydrogens is 394 g/mol. The molecule has 0 unspecified atom stereocenters. The first kappa shape index (κ1) is 21.1. The number of benzene rings is 1. The number of nitrogens with one attached hydrogen (secondary N) is 1. The van der Waals surface area contributed by atoms with Crippen LogP contribution in [-0.4, -0.2) is 18.5 Å². The van der Waals surface area contributed by atoms with Gasteiger partial charge in [0.15, 0.2) is 0 Å². The van der Waals surface area contributed by atoms with E-state index in [9.17, 15) is 9.59 Å². The van der Waals surface area contributed by atoms with Crippen molar-refractivity contribution in [3.63, 3.8) is 0 Å². The van der Waals surface area contributed by atoms with Gasteiger partial charge in [-0.1, -0.05) is 45.0 Å². The summed E-state index contributed by atoms with van der Waals surface area (Å²) in [6.45, 7) is 8.77. The highest BCUT2D eigenvalue weighted by Gasteiger charge is 2.44. The summed E-state index contributed by atoms with van der Waals surface area (Å²) in [5, 5.41) is 3.76. The third kappa shape index (κ3) is 4.18. The van der Waals surface area contributed by atoms with Crippen molar-refractivity contribution >= 4 is 28.2 Å². The number of hydrogen-bond donors (Lipinski definition) is 1. The van der Waals surface area contributed by atoms with Crippen LogP contribution < -0.4 is 5.32 Å². The number of amides is 1. The molecule has 1 aromatic heterocycles. The van der Waals surface area contributed by atoms with Gasteiger partial charge in [0, 0.05) is 10.8 Å². The molecule has 160 valence electrons. The summed E-state index contributed by atoms with van der Waals surface area (Å²) in [5.74, 6) is -0.0549. The lowest BCUT2D eigenvalue weighted by Crippen LogP contribution is -2.17. The maximum Gasteiger partial charge on any atom is 0.341 e. The lowest BCUT2D eigenvalue weighted by Gasteiger charge is -2.19. The van der Waals surface area contributed by atoms with Crippen molar-refractivity contribution in [2.45, 2.75) is 71.1 Å². The molecule has 2 aromatic rings. The van der Waals surface area contributed by atoms with Gasteiger partial charge in [0.05, 0.1) is 12.2 Å². The van der Waals surface area contributed by atoms with Crippen LogP contribution in [0.4, 0.5) is 5.00 Å². The number of rotatable bonds is 5. The molecule has 0 saturated heterocycles. The summed E-state index contributed by atoms with van der Waals surface area (Å²) in [4.78, 5) is 26.8. The van der Waals surface area contributed by atoms with Gasteiger partial charge in [-0.3, -0.25) is 4.79 Å². The van der Waals surface area contributed by atoms with E-state index in [1.54, 1.807) is 11.3 Å². The second-order valence-electron chi connectivity index (χ2n) is 9.45. The molecule has 2 aliphatic rings. The van der Waals surface area contributed by atoms with Crippen LogP contribution in [0, 0.1) is 5.92 Å². The van der Waals surface area contributed by atoms with E-state index in [1.807, 2.05) is 6.92 Å². The molecule has 2 aliphatic carbocycles. The number of aryl methyl sites for hydroxylation is 1. The van der Waals surface area contributed by atoms with Crippen LogP contribution in [0.5, 0.6) is 0 Å². The number of carbonyl (C=O) groups excluding carboxylic acids is 2. The molecule has 1 saturated carbocycles. The second kappa shape index (κ2) is 8.18. The van der Waals surface area contributed by atoms with Crippen molar-refractivity contribution < 1.29 is 14.3 Å². The van der Waals surface area contributed by atoms with Gasteiger partial charge in [-0.05, 0) is 67.1 Å². The van der Waals surface area contributed by atoms with E-state index in [-0.39, 0.29) is 29.1 Å². The van der Waals surface area contributed by atoms with Crippen LogP contribution >= 0.6 is 11.3 Å². The van der Waals surface area contributed by atoms with Gasteiger partial charge in [0.2, 0.25) is 5.91 Å². The Bertz CT molecular complexity index is 952. The zero-order valence-electron chi connectivity index (χ0n) is 18.3. The number of fused-ring (bicyclic) bond motifs is 1. The van der Waals surface area contributed by atoms with Crippen molar-refractivity contribution in [3.8, 4) is 0 Å². The Morgan fingerprint density at radius 1 is 1.13 bits per heavy atom. The molecule has 30 heavy (non-hydrogen) atoms. The minimum atomic E-state index is -0.308. The lowest BCUT2D eigenvalue weighted by atomic mass is 9.86. The third-order valence-electron chi connectivity index (χ3n) is 6.22. The number of anilines is 1. The van der Waals surface area contributed by atoms with Crippen molar-refractivity contribution in [1.29, 1.82) is 0 Å². The number of thiophene rings is 1. The van der Waals surface area contributed by atoms with Crippen molar-refractivity contribution in [1.82, 2.24) is 0 Å². The fourth-order valence-electron chi connectivity index (χ4n) is 4.36. The standard InChI is InChI=1S/C25H31NO3S/c1-5-29-24(28)21-17-8-6-7-9-20(17)30-23(21)26-22(27)19-14-18(19)15-10-12-16(13-11-15)25(2,3)4/h10-13,18-19H,5-9,14H2,1-4H3,(H,26,27)/t18-,19-/m0/s1. The van der Waals surface area contributed by atoms with Crippen LogP contribution in [0.15, 0.2) is 24.3 Å². The van der Waals surface area contributed by atoms with Gasteiger partial charge < -0.3 is 10.1 Å². The molecule has 0 radical (unpaired) electrons. The molecule has 1 N–H and O–H groups in total. The molecule has 0 aliphatic heterocycles. The Kier molecular flexibility index (Phi) is 5.75. The topological polar surface area (TPSA) is 55.4 Å². The smallest absolute Gasteiger partial charge is 0.341 e. The second-order valence-corrected chi connectivity index (χ2v) is 10.6. The highest BCUT2D eigenvalue weighted by Crippen LogP contribution is 2.49. The molecule has 0 bridgehead atoms. The summed E-state index contributed by atoms with van der Waals surface area (Å²) in [6.07, 6.45) is 4.95. The third-order valence-corrected chi connectivity index (χ3v) is 7.43. The maximum atomic E-state index is 13.0. The van der Waals surface area contributed by atoms with Crippen molar-refractivity contribution in [3.05, 3.63) is 51.4 Å². The minimum Gasteiger partial charge on any atom is -0.462 e. The molecule has 1 aromatic carbocycles. The zero-order chi connectivity index (χ0) is 21.5. The average Bonchev–Trinajstić information content (AvgIpc) is 3.42. The first-order valence-electron chi connectivity index (χ1n) is 11.0. The van der Waals surface area contributed by atoms with E-state index >= 15 is 0 Å². The zero-order valence-corrected chi connectivity index (χ0v) is 19.2. The Morgan fingerprint density at radius 2 is 1.83 bits per heavy atom. The first-order valence-corrected chi connectivity index (χ1v) is 11.8. The molecule has 1 amide bonds. The van der Waals surface area contributed by atoms with Crippen molar-refractivity contribution in [2.75, 3.05) is 11.9 Å². The first-order chi connectivity index (χ1) is 14.3. The molecule has 5 heteroatoms. The van der Waals surface area contributed by atoms with Crippen LogP contribution in [0.1, 0.15) is 84.8 Å². The average molecular weight is 426 g/mol. The normalized spacial score (nSPS) is 20.4. The maximum absolute atomic E-state index is 13.0. The van der Waals surface area contributed by atoms with Gasteiger partial charge in [0.25, 0.3) is 0 Å². The van der Waals surface area contributed by atoms with Crippen LogP contribution in [0.25, 0.3) is 0 Å². The van der Waals surface area contributed by atoms with E-state index < -0.39 is 0 Å². The molecule has 1 heterocycles. The van der Waals surface area contributed by atoms with E-state index in [0.29, 0.717) is 17.2 Å². The largest absolute Gasteiger partial charge is 0.462 e. The quantitative estimate of drug-likeness (QED) is 0.612. The van der Waals surface area contributed by atoms with Gasteiger partial charge in [-0.15, -0.1) is 11.3 Å². The van der Waals surface area contributed by atoms with Crippen LogP contribution in [-0.2, 0) is 27.8 Å². The monoisotopic (exact) mass is 425 g/mol. The van der Waals surface area contributed by atoms with Crippen LogP contribution in [0.2, 0.25) is 0 Å². The van der Waals surface area contributed by atoms with Gasteiger partial charge >= 0.3 is 5.97 Å². The molecule has 4 nitrogen and oxygen atoms in total. The predicted octanol–water partition coefficient (Wildman–Crippen LogP) is 5.84.